The van der Waals surface area contributed by atoms with Crippen molar-refractivity contribution >= 4 is 11.6 Å². The number of nitrogens with one attached hydrogen (secondary N) is 1. The minimum Gasteiger partial charge on any atom is -0.348 e. The highest BCUT2D eigenvalue weighted by atomic mass is 16.2. The first kappa shape index (κ1) is 13.8. The Morgan fingerprint density at radius 2 is 2.23 bits per heavy atom. The van der Waals surface area contributed by atoms with Gasteiger partial charge in [-0.05, 0) is 63.0 Å². The summed E-state index contributed by atoms with van der Waals surface area (Å²) in [6.07, 6.45) is 7.25. The Kier molecular flexibility index (Phi) is 3.21. The van der Waals surface area contributed by atoms with Crippen LogP contribution in [0.1, 0.15) is 48.8 Å². The summed E-state index contributed by atoms with van der Waals surface area (Å²) in [4.78, 5) is 17.0. The predicted octanol–water partition coefficient (Wildman–Crippen LogP) is 3.20. The van der Waals surface area contributed by atoms with Crippen molar-refractivity contribution in [2.75, 3.05) is 0 Å². The fourth-order valence-corrected chi connectivity index (χ4v) is 4.55. The van der Waals surface area contributed by atoms with Gasteiger partial charge in [0, 0.05) is 17.9 Å². The van der Waals surface area contributed by atoms with Crippen LogP contribution in [0.3, 0.4) is 0 Å². The van der Waals surface area contributed by atoms with Gasteiger partial charge in [0.15, 0.2) is 0 Å². The van der Waals surface area contributed by atoms with E-state index in [0.29, 0.717) is 11.6 Å². The van der Waals surface area contributed by atoms with Gasteiger partial charge in [-0.2, -0.15) is 0 Å². The number of nitrogens with zero attached hydrogens (tertiary/aromatic N) is 2. The standard InChI is InChI=1S/C18H23N3O/c1-11-4-3-5-17-20-16(10-21(11)17)18(22)19-12(2)15-9-13-6-7-14(15)8-13/h3-5,10,12-15H,6-9H2,1-2H3,(H,19,22)/t12-,13-,14-,15+/m0/s1. The monoisotopic (exact) mass is 297 g/mol. The fraction of sp³-hybridized carbons (Fsp3) is 0.556. The van der Waals surface area contributed by atoms with Gasteiger partial charge in [0.1, 0.15) is 11.3 Å². The molecule has 2 saturated carbocycles. The van der Waals surface area contributed by atoms with Crippen LogP contribution < -0.4 is 5.32 Å². The van der Waals surface area contributed by atoms with Crippen molar-refractivity contribution < 1.29 is 4.79 Å². The number of pyridine rings is 1. The summed E-state index contributed by atoms with van der Waals surface area (Å²) >= 11 is 0. The Hall–Kier alpha value is -1.84. The van der Waals surface area contributed by atoms with E-state index in [2.05, 4.69) is 17.2 Å². The average molecular weight is 297 g/mol. The lowest BCUT2D eigenvalue weighted by atomic mass is 9.84. The molecule has 22 heavy (non-hydrogen) atoms. The van der Waals surface area contributed by atoms with E-state index in [1.54, 1.807) is 0 Å². The maximum absolute atomic E-state index is 12.5. The first-order chi connectivity index (χ1) is 10.6. The molecule has 1 amide bonds. The Morgan fingerprint density at radius 1 is 1.36 bits per heavy atom. The molecule has 0 spiro atoms. The van der Waals surface area contributed by atoms with Crippen LogP contribution in [0.5, 0.6) is 0 Å². The molecule has 116 valence electrons. The van der Waals surface area contributed by atoms with E-state index in [-0.39, 0.29) is 11.9 Å². The maximum atomic E-state index is 12.5. The lowest BCUT2D eigenvalue weighted by Gasteiger charge is -2.28. The number of fused-ring (bicyclic) bond motifs is 3. The lowest BCUT2D eigenvalue weighted by molar-refractivity contribution is 0.0911. The second-order valence-corrected chi connectivity index (χ2v) is 7.12. The van der Waals surface area contributed by atoms with E-state index >= 15 is 0 Å². The van der Waals surface area contributed by atoms with Crippen LogP contribution in [-0.4, -0.2) is 21.3 Å². The number of carbonyl (C=O) groups excluding carboxylic acids is 1. The Bertz CT molecular complexity index is 720. The molecule has 2 bridgehead atoms. The minimum absolute atomic E-state index is 0.0432. The van der Waals surface area contributed by atoms with Crippen molar-refractivity contribution in [1.29, 1.82) is 0 Å². The minimum atomic E-state index is -0.0432. The van der Waals surface area contributed by atoms with Gasteiger partial charge in [-0.15, -0.1) is 0 Å². The van der Waals surface area contributed by atoms with Crippen molar-refractivity contribution in [1.82, 2.24) is 14.7 Å². The molecule has 4 atom stereocenters. The third kappa shape index (κ3) is 2.21. The van der Waals surface area contributed by atoms with Crippen molar-refractivity contribution in [2.45, 2.75) is 45.6 Å². The van der Waals surface area contributed by atoms with Gasteiger partial charge in [0.2, 0.25) is 0 Å². The number of rotatable bonds is 3. The van der Waals surface area contributed by atoms with Crippen LogP contribution in [0.15, 0.2) is 24.4 Å². The lowest BCUT2D eigenvalue weighted by Crippen LogP contribution is -2.40. The summed E-state index contributed by atoms with van der Waals surface area (Å²) in [6.45, 7) is 4.18. The summed E-state index contributed by atoms with van der Waals surface area (Å²) < 4.78 is 1.97. The van der Waals surface area contributed by atoms with Crippen LogP contribution in [0, 0.1) is 24.7 Å². The number of hydrogen-bond acceptors (Lipinski definition) is 2. The van der Waals surface area contributed by atoms with Crippen LogP contribution in [0.4, 0.5) is 0 Å². The second kappa shape index (κ2) is 5.11. The van der Waals surface area contributed by atoms with Crippen LogP contribution in [-0.2, 0) is 0 Å². The zero-order valence-corrected chi connectivity index (χ0v) is 13.2. The third-order valence-corrected chi connectivity index (χ3v) is 5.72. The third-order valence-electron chi connectivity index (χ3n) is 5.72. The molecule has 0 radical (unpaired) electrons. The number of aromatic nitrogens is 2. The maximum Gasteiger partial charge on any atom is 0.271 e. The normalized spacial score (nSPS) is 28.2. The van der Waals surface area contributed by atoms with E-state index in [9.17, 15) is 4.79 Å². The van der Waals surface area contributed by atoms with Gasteiger partial charge in [-0.1, -0.05) is 12.5 Å². The molecule has 2 aliphatic rings. The molecule has 4 rings (SSSR count). The summed E-state index contributed by atoms with van der Waals surface area (Å²) in [6, 6.07) is 6.17. The molecular formula is C18H23N3O. The van der Waals surface area contributed by atoms with Crippen LogP contribution in [0.25, 0.3) is 5.65 Å². The largest absolute Gasteiger partial charge is 0.348 e. The van der Waals surface area contributed by atoms with E-state index in [4.69, 9.17) is 0 Å². The van der Waals surface area contributed by atoms with E-state index < -0.39 is 0 Å². The summed E-state index contributed by atoms with van der Waals surface area (Å²) in [7, 11) is 0. The number of hydrogen-bond donors (Lipinski definition) is 1. The highest BCUT2D eigenvalue weighted by Crippen LogP contribution is 2.49. The molecule has 2 fully saturated rings. The Morgan fingerprint density at radius 3 is 2.91 bits per heavy atom. The number of carbonyl (C=O) groups is 1. The van der Waals surface area contributed by atoms with Crippen molar-refractivity contribution in [2.24, 2.45) is 17.8 Å². The highest BCUT2D eigenvalue weighted by molar-refractivity contribution is 5.93. The van der Waals surface area contributed by atoms with Gasteiger partial charge >= 0.3 is 0 Å². The summed E-state index contributed by atoms with van der Waals surface area (Å²) in [5.41, 5.74) is 2.44. The van der Waals surface area contributed by atoms with E-state index in [1.807, 2.05) is 35.7 Å². The summed E-state index contributed by atoms with van der Waals surface area (Å²) in [5, 5.41) is 3.19. The second-order valence-electron chi connectivity index (χ2n) is 7.12. The molecule has 2 aromatic heterocycles. The fourth-order valence-electron chi connectivity index (χ4n) is 4.55. The topological polar surface area (TPSA) is 46.4 Å². The number of aryl methyl sites for hydroxylation is 1. The Balaban J connectivity index is 1.50. The molecule has 2 aromatic rings. The van der Waals surface area contributed by atoms with Crippen LogP contribution >= 0.6 is 0 Å². The molecule has 0 unspecified atom stereocenters. The van der Waals surface area contributed by atoms with Crippen molar-refractivity contribution in [3.8, 4) is 0 Å². The quantitative estimate of drug-likeness (QED) is 0.945. The average Bonchev–Trinajstić information content (AvgIpc) is 3.22. The van der Waals surface area contributed by atoms with Gasteiger partial charge < -0.3 is 9.72 Å². The molecule has 4 nitrogen and oxygen atoms in total. The van der Waals surface area contributed by atoms with Crippen LogP contribution in [0.2, 0.25) is 0 Å². The molecule has 0 aromatic carbocycles. The van der Waals surface area contributed by atoms with E-state index in [1.165, 1.54) is 25.7 Å². The molecule has 2 aliphatic carbocycles. The van der Waals surface area contributed by atoms with E-state index in [0.717, 1.165) is 23.2 Å². The zero-order chi connectivity index (χ0) is 15.3. The predicted molar refractivity (Wildman–Crippen MR) is 85.8 cm³/mol. The smallest absolute Gasteiger partial charge is 0.271 e. The van der Waals surface area contributed by atoms with Crippen molar-refractivity contribution in [3.05, 3.63) is 35.8 Å². The van der Waals surface area contributed by atoms with Gasteiger partial charge in [-0.3, -0.25) is 4.79 Å². The molecule has 2 heterocycles. The van der Waals surface area contributed by atoms with Crippen molar-refractivity contribution in [3.63, 3.8) is 0 Å². The number of imidazole rings is 1. The van der Waals surface area contributed by atoms with Gasteiger partial charge in [-0.25, -0.2) is 4.98 Å². The highest BCUT2D eigenvalue weighted by Gasteiger charge is 2.42. The summed E-state index contributed by atoms with van der Waals surface area (Å²) in [5.74, 6) is 2.34. The van der Waals surface area contributed by atoms with Gasteiger partial charge in [0.05, 0.1) is 0 Å². The van der Waals surface area contributed by atoms with Gasteiger partial charge in [0.25, 0.3) is 5.91 Å². The zero-order valence-electron chi connectivity index (χ0n) is 13.2. The SMILES string of the molecule is Cc1cccc2nc(C(=O)N[C@@H](C)[C@H]3C[C@H]4CC[C@H]3C4)cn12. The molecule has 1 N–H and O–H groups in total. The molecule has 0 aliphatic heterocycles. The number of amides is 1. The first-order valence-corrected chi connectivity index (χ1v) is 8.37. The molecule has 4 heteroatoms. The molecule has 0 saturated heterocycles. The first-order valence-electron chi connectivity index (χ1n) is 8.37. The Labute approximate surface area is 130 Å². The molecular weight excluding hydrogens is 274 g/mol.